The maximum Gasteiger partial charge on any atom is 0.169 e. The lowest BCUT2D eigenvalue weighted by Crippen LogP contribution is -2.23. The van der Waals surface area contributed by atoms with Crippen molar-refractivity contribution in [3.8, 4) is 5.75 Å². The van der Waals surface area contributed by atoms with Gasteiger partial charge >= 0.3 is 0 Å². The first-order chi connectivity index (χ1) is 9.15. The second-order valence-electron chi connectivity index (χ2n) is 4.53. The van der Waals surface area contributed by atoms with Crippen molar-refractivity contribution in [3.05, 3.63) is 29.6 Å². The van der Waals surface area contributed by atoms with Gasteiger partial charge in [-0.05, 0) is 20.2 Å². The minimum Gasteiger partial charge on any atom is -0.494 e. The van der Waals surface area contributed by atoms with E-state index >= 15 is 0 Å². The van der Waals surface area contributed by atoms with Crippen molar-refractivity contribution in [2.45, 2.75) is 6.54 Å². The lowest BCUT2D eigenvalue weighted by molar-refractivity contribution is 0.119. The lowest BCUT2D eigenvalue weighted by Gasteiger charge is -2.11. The fourth-order valence-electron chi connectivity index (χ4n) is 1.57. The van der Waals surface area contributed by atoms with E-state index in [0.717, 1.165) is 6.54 Å². The van der Waals surface area contributed by atoms with E-state index in [1.54, 1.807) is 18.2 Å². The average molecular weight is 270 g/mol. The predicted molar refractivity (Wildman–Crippen MR) is 74.0 cm³/mol. The van der Waals surface area contributed by atoms with E-state index in [4.69, 9.17) is 9.47 Å². The quantitative estimate of drug-likeness (QED) is 0.690. The summed E-state index contributed by atoms with van der Waals surface area (Å²) in [4.78, 5) is 2.07. The summed E-state index contributed by atoms with van der Waals surface area (Å²) in [6.07, 6.45) is 0. The Labute approximate surface area is 114 Å². The van der Waals surface area contributed by atoms with E-state index in [2.05, 4.69) is 10.2 Å². The average Bonchev–Trinajstić information content (AvgIpc) is 2.39. The molecule has 0 radical (unpaired) electrons. The van der Waals surface area contributed by atoms with Crippen LogP contribution in [0.1, 0.15) is 5.56 Å². The van der Waals surface area contributed by atoms with Crippen molar-refractivity contribution in [2.75, 3.05) is 47.5 Å². The lowest BCUT2D eigenvalue weighted by atomic mass is 10.2. The third-order valence-corrected chi connectivity index (χ3v) is 2.68. The van der Waals surface area contributed by atoms with E-state index < -0.39 is 0 Å². The van der Waals surface area contributed by atoms with Crippen LogP contribution in [0.2, 0.25) is 0 Å². The van der Waals surface area contributed by atoms with Crippen LogP contribution in [0.3, 0.4) is 0 Å². The Bertz CT molecular complexity index is 372. The Balaban J connectivity index is 2.19. The van der Waals surface area contributed by atoms with Gasteiger partial charge in [0.2, 0.25) is 0 Å². The van der Waals surface area contributed by atoms with Crippen LogP contribution < -0.4 is 10.1 Å². The van der Waals surface area contributed by atoms with Crippen molar-refractivity contribution in [2.24, 2.45) is 0 Å². The van der Waals surface area contributed by atoms with Crippen LogP contribution in [0.15, 0.2) is 18.2 Å². The van der Waals surface area contributed by atoms with E-state index in [9.17, 15) is 4.39 Å². The van der Waals surface area contributed by atoms with Gasteiger partial charge in [0, 0.05) is 25.2 Å². The Hall–Kier alpha value is -1.17. The zero-order chi connectivity index (χ0) is 14.1. The normalized spacial score (nSPS) is 11.0. The zero-order valence-electron chi connectivity index (χ0n) is 11.9. The summed E-state index contributed by atoms with van der Waals surface area (Å²) in [7, 11) is 5.48. The molecule has 108 valence electrons. The first kappa shape index (κ1) is 15.9. The molecular formula is C14H23FN2O2. The Morgan fingerprint density at radius 1 is 1.26 bits per heavy atom. The van der Waals surface area contributed by atoms with E-state index in [-0.39, 0.29) is 11.6 Å². The number of likely N-dealkylation sites (N-methyl/N-ethyl adjacent to an activating group) is 1. The van der Waals surface area contributed by atoms with Gasteiger partial charge in [-0.25, -0.2) is 4.39 Å². The highest BCUT2D eigenvalue weighted by atomic mass is 19.1. The van der Waals surface area contributed by atoms with E-state index in [1.165, 1.54) is 7.11 Å². The second-order valence-corrected chi connectivity index (χ2v) is 4.53. The molecule has 5 heteroatoms. The van der Waals surface area contributed by atoms with Gasteiger partial charge in [0.05, 0.1) is 20.3 Å². The Kier molecular flexibility index (Phi) is 7.40. The van der Waals surface area contributed by atoms with Crippen molar-refractivity contribution in [3.63, 3.8) is 0 Å². The van der Waals surface area contributed by atoms with Crippen molar-refractivity contribution >= 4 is 0 Å². The molecule has 0 saturated carbocycles. The van der Waals surface area contributed by atoms with Gasteiger partial charge in [0.25, 0.3) is 0 Å². The number of nitrogens with zero attached hydrogens (tertiary/aromatic N) is 1. The third kappa shape index (κ3) is 6.00. The molecule has 19 heavy (non-hydrogen) atoms. The first-order valence-corrected chi connectivity index (χ1v) is 6.39. The van der Waals surface area contributed by atoms with Gasteiger partial charge in [0.15, 0.2) is 11.6 Å². The maximum atomic E-state index is 13.8. The molecule has 0 aliphatic rings. The predicted octanol–water partition coefficient (Wildman–Crippen LogP) is 1.50. The van der Waals surface area contributed by atoms with Gasteiger partial charge < -0.3 is 19.7 Å². The van der Waals surface area contributed by atoms with Gasteiger partial charge in [-0.3, -0.25) is 0 Å². The van der Waals surface area contributed by atoms with Gasteiger partial charge in [-0.1, -0.05) is 12.1 Å². The molecular weight excluding hydrogens is 247 g/mol. The van der Waals surface area contributed by atoms with Crippen LogP contribution in [0.4, 0.5) is 4.39 Å². The van der Waals surface area contributed by atoms with Crippen LogP contribution >= 0.6 is 0 Å². The van der Waals surface area contributed by atoms with Gasteiger partial charge in [-0.15, -0.1) is 0 Å². The van der Waals surface area contributed by atoms with Crippen molar-refractivity contribution in [1.82, 2.24) is 10.2 Å². The first-order valence-electron chi connectivity index (χ1n) is 6.39. The highest BCUT2D eigenvalue weighted by molar-refractivity contribution is 5.30. The fraction of sp³-hybridized carbons (Fsp3) is 0.571. The molecule has 1 aromatic carbocycles. The molecule has 1 N–H and O–H groups in total. The summed E-state index contributed by atoms with van der Waals surface area (Å²) in [5.41, 5.74) is 0.604. The monoisotopic (exact) mass is 270 g/mol. The Morgan fingerprint density at radius 3 is 2.74 bits per heavy atom. The minimum atomic E-state index is -0.300. The number of methoxy groups -OCH3 is 1. The largest absolute Gasteiger partial charge is 0.494 e. The number of halogens is 1. The van der Waals surface area contributed by atoms with Crippen LogP contribution in [-0.2, 0) is 11.3 Å². The van der Waals surface area contributed by atoms with Crippen LogP contribution in [0.5, 0.6) is 5.75 Å². The molecule has 0 unspecified atom stereocenters. The topological polar surface area (TPSA) is 33.7 Å². The summed E-state index contributed by atoms with van der Waals surface area (Å²) in [6, 6.07) is 5.15. The highest BCUT2D eigenvalue weighted by Crippen LogP contribution is 2.19. The molecule has 0 amide bonds. The third-order valence-electron chi connectivity index (χ3n) is 2.68. The molecule has 0 atom stereocenters. The molecule has 1 aromatic rings. The molecule has 0 saturated heterocycles. The van der Waals surface area contributed by atoms with Crippen molar-refractivity contribution in [1.29, 1.82) is 0 Å². The summed E-state index contributed by atoms with van der Waals surface area (Å²) in [6.45, 7) is 3.41. The number of hydrogen-bond acceptors (Lipinski definition) is 4. The Morgan fingerprint density at radius 2 is 2.05 bits per heavy atom. The summed E-state index contributed by atoms with van der Waals surface area (Å²) < 4.78 is 24.2. The van der Waals surface area contributed by atoms with Crippen LogP contribution in [-0.4, -0.2) is 52.4 Å². The maximum absolute atomic E-state index is 13.8. The summed E-state index contributed by atoms with van der Waals surface area (Å²) >= 11 is 0. The highest BCUT2D eigenvalue weighted by Gasteiger charge is 2.07. The number of ether oxygens (including phenoxy) is 2. The molecule has 4 nitrogen and oxygen atoms in total. The summed E-state index contributed by atoms with van der Waals surface area (Å²) in [5.74, 6) is -0.0208. The molecule has 0 bridgehead atoms. The molecule has 0 aromatic heterocycles. The molecule has 0 spiro atoms. The fourth-order valence-corrected chi connectivity index (χ4v) is 1.57. The number of benzene rings is 1. The van der Waals surface area contributed by atoms with E-state index in [0.29, 0.717) is 31.9 Å². The van der Waals surface area contributed by atoms with Crippen LogP contribution in [0.25, 0.3) is 0 Å². The molecule has 0 aliphatic carbocycles. The number of nitrogens with one attached hydrogen (secondary N) is 1. The SMILES string of the molecule is COc1cccc(CNCCOCCN(C)C)c1F. The van der Waals surface area contributed by atoms with Gasteiger partial charge in [0.1, 0.15) is 0 Å². The van der Waals surface area contributed by atoms with Crippen molar-refractivity contribution < 1.29 is 13.9 Å². The number of rotatable bonds is 9. The molecule has 0 aliphatic heterocycles. The number of hydrogen-bond donors (Lipinski definition) is 1. The summed E-state index contributed by atoms with van der Waals surface area (Å²) in [5, 5.41) is 3.15. The van der Waals surface area contributed by atoms with E-state index in [1.807, 2.05) is 14.1 Å². The molecule has 0 heterocycles. The smallest absolute Gasteiger partial charge is 0.169 e. The minimum absolute atomic E-state index is 0.279. The molecule has 1 rings (SSSR count). The standard InChI is InChI=1S/C14H23FN2O2/c1-17(2)8-10-19-9-7-16-11-12-5-4-6-13(18-3)14(12)15/h4-6,16H,7-11H2,1-3H3. The molecule has 0 fully saturated rings. The van der Waals surface area contributed by atoms with Gasteiger partial charge in [-0.2, -0.15) is 0 Å². The second kappa shape index (κ2) is 8.85. The van der Waals surface area contributed by atoms with Crippen LogP contribution in [0, 0.1) is 5.82 Å². The zero-order valence-corrected chi connectivity index (χ0v) is 11.9.